The Kier molecular flexibility index (Phi) is 2.82. The van der Waals surface area contributed by atoms with Gasteiger partial charge in [0.25, 0.3) is 0 Å². The molecule has 3 heterocycles. The van der Waals surface area contributed by atoms with E-state index in [2.05, 4.69) is 9.97 Å². The van der Waals surface area contributed by atoms with Crippen molar-refractivity contribution in [2.24, 2.45) is 0 Å². The number of fused-ring (bicyclic) bond motifs is 2. The molecule has 6 nitrogen and oxygen atoms in total. The Morgan fingerprint density at radius 3 is 3.00 bits per heavy atom. The number of ether oxygens (including phenoxy) is 2. The van der Waals surface area contributed by atoms with E-state index in [1.54, 1.807) is 13.3 Å². The predicted octanol–water partition coefficient (Wildman–Crippen LogP) is 1.72. The minimum absolute atomic E-state index is 0.102. The summed E-state index contributed by atoms with van der Waals surface area (Å²) in [4.78, 5) is 21.0. The minimum atomic E-state index is -0.102. The number of hydrogen-bond donors (Lipinski definition) is 0. The third-order valence-electron chi connectivity index (χ3n) is 3.74. The summed E-state index contributed by atoms with van der Waals surface area (Å²) in [6, 6.07) is 7.54. The van der Waals surface area contributed by atoms with Crippen LogP contribution in [0.2, 0.25) is 0 Å². The van der Waals surface area contributed by atoms with Gasteiger partial charge in [0.05, 0.1) is 25.0 Å². The number of pyridine rings is 1. The van der Waals surface area contributed by atoms with Gasteiger partial charge in [0.1, 0.15) is 5.75 Å². The highest BCUT2D eigenvalue weighted by Gasteiger charge is 2.25. The minimum Gasteiger partial charge on any atom is -0.497 e. The quantitative estimate of drug-likeness (QED) is 0.720. The molecule has 0 amide bonds. The summed E-state index contributed by atoms with van der Waals surface area (Å²) in [6.07, 6.45) is 3.69. The van der Waals surface area contributed by atoms with Gasteiger partial charge in [-0.3, -0.25) is 9.36 Å². The Morgan fingerprint density at radius 1 is 1.27 bits per heavy atom. The van der Waals surface area contributed by atoms with E-state index in [4.69, 9.17) is 9.47 Å². The molecule has 0 radical (unpaired) electrons. The van der Waals surface area contributed by atoms with E-state index in [0.717, 1.165) is 11.4 Å². The lowest BCUT2D eigenvalue weighted by molar-refractivity contribution is 0.338. The van der Waals surface area contributed by atoms with Crippen LogP contribution in [0, 0.1) is 0 Å². The van der Waals surface area contributed by atoms with Crippen molar-refractivity contribution in [2.45, 2.75) is 6.42 Å². The Labute approximate surface area is 126 Å². The Balaban J connectivity index is 2.13. The lowest BCUT2D eigenvalue weighted by atomic mass is 10.2. The monoisotopic (exact) mass is 295 g/mol. The Bertz CT molecular complexity index is 934. The van der Waals surface area contributed by atoms with Crippen LogP contribution in [0.3, 0.4) is 0 Å². The number of hydrogen-bond acceptors (Lipinski definition) is 5. The van der Waals surface area contributed by atoms with Gasteiger partial charge in [0.15, 0.2) is 11.2 Å². The number of nitrogens with zero attached hydrogens (tertiary/aromatic N) is 3. The van der Waals surface area contributed by atoms with Crippen LogP contribution >= 0.6 is 0 Å². The molecule has 0 unspecified atom stereocenters. The van der Waals surface area contributed by atoms with Crippen LogP contribution in [0.1, 0.15) is 5.56 Å². The average Bonchev–Trinajstić information content (AvgIpc) is 3.05. The summed E-state index contributed by atoms with van der Waals surface area (Å²) in [5.74, 6) is 1.27. The first-order valence-electron chi connectivity index (χ1n) is 6.95. The molecule has 0 atom stereocenters. The Hall–Kier alpha value is -2.89. The maximum absolute atomic E-state index is 12.5. The maximum atomic E-state index is 12.5. The van der Waals surface area contributed by atoms with Crippen LogP contribution in [0.15, 0.2) is 41.5 Å². The predicted molar refractivity (Wildman–Crippen MR) is 80.9 cm³/mol. The number of benzene rings is 1. The van der Waals surface area contributed by atoms with Crippen LogP contribution in [-0.4, -0.2) is 28.3 Å². The fraction of sp³-hybridized carbons (Fsp3) is 0.188. The van der Waals surface area contributed by atoms with E-state index < -0.39 is 0 Å². The molecule has 6 heteroatoms. The second-order valence-electron chi connectivity index (χ2n) is 4.98. The lowest BCUT2D eigenvalue weighted by Crippen LogP contribution is -2.15. The van der Waals surface area contributed by atoms with Crippen LogP contribution in [0.25, 0.3) is 16.9 Å². The van der Waals surface area contributed by atoms with Gasteiger partial charge >= 0.3 is 0 Å². The topological polar surface area (TPSA) is 66.2 Å². The number of aromatic nitrogens is 3. The fourth-order valence-corrected chi connectivity index (χ4v) is 2.74. The highest BCUT2D eigenvalue weighted by atomic mass is 16.5. The summed E-state index contributed by atoms with van der Waals surface area (Å²) >= 11 is 0. The van der Waals surface area contributed by atoms with Crippen LogP contribution in [0.4, 0.5) is 0 Å². The van der Waals surface area contributed by atoms with Gasteiger partial charge in [-0.05, 0) is 12.1 Å². The van der Waals surface area contributed by atoms with Gasteiger partial charge in [-0.2, -0.15) is 0 Å². The molecule has 1 aromatic carbocycles. The molecule has 110 valence electrons. The van der Waals surface area contributed by atoms with Crippen LogP contribution in [0.5, 0.6) is 11.6 Å². The zero-order chi connectivity index (χ0) is 15.1. The summed E-state index contributed by atoms with van der Waals surface area (Å²) in [6.45, 7) is 0.491. The molecule has 0 bridgehead atoms. The molecule has 0 saturated heterocycles. The van der Waals surface area contributed by atoms with E-state index >= 15 is 0 Å². The van der Waals surface area contributed by atoms with Crippen LogP contribution < -0.4 is 14.9 Å². The first kappa shape index (κ1) is 12.8. The van der Waals surface area contributed by atoms with E-state index in [0.29, 0.717) is 35.6 Å². The molecule has 0 spiro atoms. The molecular formula is C16H13N3O3. The van der Waals surface area contributed by atoms with Crippen molar-refractivity contribution in [1.82, 2.24) is 14.5 Å². The fourth-order valence-electron chi connectivity index (χ4n) is 2.74. The van der Waals surface area contributed by atoms with Crippen molar-refractivity contribution in [1.29, 1.82) is 0 Å². The van der Waals surface area contributed by atoms with Crippen molar-refractivity contribution < 1.29 is 9.47 Å². The van der Waals surface area contributed by atoms with Crippen molar-refractivity contribution in [3.8, 4) is 17.3 Å². The molecule has 1 aliphatic rings. The van der Waals surface area contributed by atoms with Gasteiger partial charge in [-0.1, -0.05) is 6.07 Å². The van der Waals surface area contributed by atoms with Gasteiger partial charge in [0.2, 0.25) is 11.3 Å². The largest absolute Gasteiger partial charge is 0.497 e. The zero-order valence-electron chi connectivity index (χ0n) is 11.9. The number of rotatable bonds is 2. The van der Waals surface area contributed by atoms with Crippen molar-refractivity contribution >= 4 is 11.2 Å². The molecule has 1 aliphatic heterocycles. The number of methoxy groups -OCH3 is 1. The Morgan fingerprint density at radius 2 is 2.14 bits per heavy atom. The lowest BCUT2D eigenvalue weighted by Gasteiger charge is -2.15. The normalized spacial score (nSPS) is 13.0. The second-order valence-corrected chi connectivity index (χ2v) is 4.98. The summed E-state index contributed by atoms with van der Waals surface area (Å²) in [5, 5.41) is 0. The highest BCUT2D eigenvalue weighted by molar-refractivity contribution is 5.75. The van der Waals surface area contributed by atoms with E-state index in [1.807, 2.05) is 28.8 Å². The second kappa shape index (κ2) is 4.84. The molecule has 22 heavy (non-hydrogen) atoms. The molecule has 0 saturated carbocycles. The van der Waals surface area contributed by atoms with E-state index in [1.165, 1.54) is 6.20 Å². The zero-order valence-corrected chi connectivity index (χ0v) is 11.9. The van der Waals surface area contributed by atoms with Crippen LogP contribution in [-0.2, 0) is 6.42 Å². The molecule has 0 fully saturated rings. The molecule has 2 aromatic heterocycles. The highest BCUT2D eigenvalue weighted by Crippen LogP contribution is 2.30. The molecule has 0 aliphatic carbocycles. The third kappa shape index (κ3) is 1.77. The SMILES string of the molecule is COc1cccc(-n2c3c(c(=O)c4nccnc42)CCO3)c1. The van der Waals surface area contributed by atoms with Crippen molar-refractivity contribution in [3.05, 3.63) is 52.4 Å². The summed E-state index contributed by atoms with van der Waals surface area (Å²) in [7, 11) is 1.61. The van der Waals surface area contributed by atoms with Gasteiger partial charge in [0, 0.05) is 24.9 Å². The van der Waals surface area contributed by atoms with Gasteiger partial charge in [-0.25, -0.2) is 9.97 Å². The van der Waals surface area contributed by atoms with Gasteiger partial charge in [-0.15, -0.1) is 0 Å². The van der Waals surface area contributed by atoms with E-state index in [9.17, 15) is 4.79 Å². The van der Waals surface area contributed by atoms with Crippen molar-refractivity contribution in [2.75, 3.05) is 13.7 Å². The first-order chi connectivity index (χ1) is 10.8. The molecule has 4 rings (SSSR count). The van der Waals surface area contributed by atoms with Crippen molar-refractivity contribution in [3.63, 3.8) is 0 Å². The molecule has 0 N–H and O–H groups in total. The first-order valence-corrected chi connectivity index (χ1v) is 6.95. The third-order valence-corrected chi connectivity index (χ3v) is 3.74. The maximum Gasteiger partial charge on any atom is 0.216 e. The van der Waals surface area contributed by atoms with Gasteiger partial charge < -0.3 is 9.47 Å². The molecule has 3 aromatic rings. The standard InChI is InChI=1S/C16H13N3O3/c1-21-11-4-2-3-10(9-11)19-15-13(17-6-7-18-15)14(20)12-5-8-22-16(12)19/h2-4,6-7,9H,5,8H2,1H3. The summed E-state index contributed by atoms with van der Waals surface area (Å²) in [5.41, 5.74) is 2.21. The smallest absolute Gasteiger partial charge is 0.216 e. The summed E-state index contributed by atoms with van der Waals surface area (Å²) < 4.78 is 12.8. The van der Waals surface area contributed by atoms with E-state index in [-0.39, 0.29) is 5.43 Å². The average molecular weight is 295 g/mol. The molecular weight excluding hydrogens is 282 g/mol.